The number of non-ortho nitro benzene ring substituents is 1. The summed E-state index contributed by atoms with van der Waals surface area (Å²) in [6, 6.07) is 5.86. The number of aliphatic hydroxyl groups is 2. The number of H-pyrrole nitrogens is 1. The van der Waals surface area contributed by atoms with Crippen LogP contribution in [0.25, 0.3) is 12.2 Å². The molecule has 3 rings (SSSR count). The fraction of sp³-hybridized carbons (Fsp3) is 0.294. The van der Waals surface area contributed by atoms with Crippen molar-refractivity contribution in [2.75, 3.05) is 6.61 Å². The molecule has 1 aliphatic rings. The number of benzene rings is 1. The topological polar surface area (TPSA) is 148 Å². The van der Waals surface area contributed by atoms with Crippen LogP contribution in [0.15, 0.2) is 40.1 Å². The minimum atomic E-state index is -0.928. The molecule has 0 spiro atoms. The monoisotopic (exact) mass is 375 g/mol. The Morgan fingerprint density at radius 2 is 2.15 bits per heavy atom. The summed E-state index contributed by atoms with van der Waals surface area (Å²) in [6.45, 7) is -0.394. The highest BCUT2D eigenvalue weighted by Crippen LogP contribution is 2.27. The van der Waals surface area contributed by atoms with Gasteiger partial charge in [0.1, 0.15) is 12.3 Å². The summed E-state index contributed by atoms with van der Waals surface area (Å²) in [7, 11) is 0. The third kappa shape index (κ3) is 4.03. The number of aromatic amines is 1. The first-order valence-electron chi connectivity index (χ1n) is 8.11. The van der Waals surface area contributed by atoms with Crippen LogP contribution in [0.1, 0.15) is 23.8 Å². The Labute approximate surface area is 152 Å². The molecule has 3 N–H and O–H groups in total. The average molecular weight is 375 g/mol. The second-order valence-corrected chi connectivity index (χ2v) is 6.05. The van der Waals surface area contributed by atoms with Crippen molar-refractivity contribution in [3.8, 4) is 0 Å². The molecule has 1 aromatic carbocycles. The summed E-state index contributed by atoms with van der Waals surface area (Å²) in [4.78, 5) is 36.6. The highest BCUT2D eigenvalue weighted by Gasteiger charge is 2.35. The molecular formula is C17H17N3O7. The molecule has 142 valence electrons. The summed E-state index contributed by atoms with van der Waals surface area (Å²) in [6.07, 6.45) is 1.74. The van der Waals surface area contributed by atoms with Gasteiger partial charge in [-0.15, -0.1) is 0 Å². The molecule has 3 unspecified atom stereocenters. The van der Waals surface area contributed by atoms with Gasteiger partial charge in [-0.25, -0.2) is 4.79 Å². The summed E-state index contributed by atoms with van der Waals surface area (Å²) in [5, 5.41) is 29.8. The molecule has 0 radical (unpaired) electrons. The third-order valence-corrected chi connectivity index (χ3v) is 4.23. The Hall–Kier alpha value is -3.08. The van der Waals surface area contributed by atoms with Crippen LogP contribution in [0.2, 0.25) is 0 Å². The minimum Gasteiger partial charge on any atom is -0.394 e. The van der Waals surface area contributed by atoms with E-state index in [1.807, 2.05) is 0 Å². The zero-order valence-corrected chi connectivity index (χ0v) is 14.0. The van der Waals surface area contributed by atoms with E-state index in [0.717, 1.165) is 4.57 Å². The van der Waals surface area contributed by atoms with Gasteiger partial charge in [-0.1, -0.05) is 18.2 Å². The fourth-order valence-electron chi connectivity index (χ4n) is 2.81. The lowest BCUT2D eigenvalue weighted by Gasteiger charge is -2.14. The summed E-state index contributed by atoms with van der Waals surface area (Å²) in [5.41, 5.74) is -0.779. The molecule has 1 saturated heterocycles. The van der Waals surface area contributed by atoms with E-state index in [9.17, 15) is 24.8 Å². The van der Waals surface area contributed by atoms with E-state index in [4.69, 9.17) is 9.84 Å². The number of ether oxygens (including phenoxy) is 1. The number of hydrogen-bond acceptors (Lipinski definition) is 7. The van der Waals surface area contributed by atoms with Crippen LogP contribution in [0.5, 0.6) is 0 Å². The van der Waals surface area contributed by atoms with Crippen molar-refractivity contribution in [1.29, 1.82) is 0 Å². The van der Waals surface area contributed by atoms with Gasteiger partial charge >= 0.3 is 5.69 Å². The molecule has 0 amide bonds. The molecule has 27 heavy (non-hydrogen) atoms. The first-order valence-corrected chi connectivity index (χ1v) is 8.11. The van der Waals surface area contributed by atoms with E-state index in [2.05, 4.69) is 4.98 Å². The Kier molecular flexibility index (Phi) is 5.31. The van der Waals surface area contributed by atoms with E-state index >= 15 is 0 Å². The van der Waals surface area contributed by atoms with E-state index in [1.54, 1.807) is 6.07 Å². The van der Waals surface area contributed by atoms with Crippen molar-refractivity contribution in [3.63, 3.8) is 0 Å². The van der Waals surface area contributed by atoms with Gasteiger partial charge in [0.05, 0.1) is 23.2 Å². The van der Waals surface area contributed by atoms with Crippen molar-refractivity contribution in [2.24, 2.45) is 0 Å². The quantitative estimate of drug-likeness (QED) is 0.501. The van der Waals surface area contributed by atoms with Gasteiger partial charge in [-0.05, 0) is 11.6 Å². The number of nitrogens with one attached hydrogen (secondary N) is 1. The molecule has 0 aliphatic carbocycles. The van der Waals surface area contributed by atoms with Gasteiger partial charge in [0.2, 0.25) is 0 Å². The van der Waals surface area contributed by atoms with Crippen LogP contribution in [-0.4, -0.2) is 43.5 Å². The van der Waals surface area contributed by atoms with Gasteiger partial charge in [0, 0.05) is 24.8 Å². The van der Waals surface area contributed by atoms with Crippen LogP contribution in [0.3, 0.4) is 0 Å². The SMILES string of the molecule is O=c1[nH]c(=O)n(C2CC(O)C(CO)O2)cc1/C=C/c1cccc([N+](=O)[O-])c1. The van der Waals surface area contributed by atoms with Crippen molar-refractivity contribution < 1.29 is 19.9 Å². The van der Waals surface area contributed by atoms with E-state index in [-0.39, 0.29) is 17.7 Å². The lowest BCUT2D eigenvalue weighted by molar-refractivity contribution is -0.384. The maximum atomic E-state index is 12.1. The van der Waals surface area contributed by atoms with Crippen LogP contribution in [0.4, 0.5) is 5.69 Å². The number of aliphatic hydroxyl groups excluding tert-OH is 2. The number of rotatable bonds is 5. The van der Waals surface area contributed by atoms with Crippen molar-refractivity contribution in [1.82, 2.24) is 9.55 Å². The molecule has 2 aromatic rings. The number of nitro benzene ring substituents is 1. The smallest absolute Gasteiger partial charge is 0.330 e. The van der Waals surface area contributed by atoms with Crippen LogP contribution < -0.4 is 11.2 Å². The lowest BCUT2D eigenvalue weighted by atomic mass is 10.1. The molecule has 1 aliphatic heterocycles. The van der Waals surface area contributed by atoms with Crippen molar-refractivity contribution in [2.45, 2.75) is 24.9 Å². The van der Waals surface area contributed by atoms with Crippen molar-refractivity contribution in [3.05, 3.63) is 72.5 Å². The van der Waals surface area contributed by atoms with E-state index in [0.29, 0.717) is 5.56 Å². The van der Waals surface area contributed by atoms with Gasteiger partial charge in [-0.2, -0.15) is 0 Å². The largest absolute Gasteiger partial charge is 0.394 e. The predicted octanol–water partition coefficient (Wildman–Crippen LogP) is 0.256. The van der Waals surface area contributed by atoms with Crippen LogP contribution >= 0.6 is 0 Å². The molecule has 1 fully saturated rings. The summed E-state index contributed by atoms with van der Waals surface area (Å²) >= 11 is 0. The Morgan fingerprint density at radius 1 is 1.37 bits per heavy atom. The molecule has 10 nitrogen and oxygen atoms in total. The van der Waals surface area contributed by atoms with E-state index < -0.39 is 41.2 Å². The fourth-order valence-corrected chi connectivity index (χ4v) is 2.81. The zero-order chi connectivity index (χ0) is 19.6. The second kappa shape index (κ2) is 7.66. The number of hydrogen-bond donors (Lipinski definition) is 3. The van der Waals surface area contributed by atoms with Crippen LogP contribution in [0, 0.1) is 10.1 Å². The summed E-state index contributed by atoms with van der Waals surface area (Å²) in [5.74, 6) is 0. The van der Waals surface area contributed by atoms with Crippen LogP contribution in [-0.2, 0) is 4.74 Å². The second-order valence-electron chi connectivity index (χ2n) is 6.05. The first-order chi connectivity index (χ1) is 12.9. The van der Waals surface area contributed by atoms with E-state index in [1.165, 1.54) is 36.5 Å². The Balaban J connectivity index is 1.91. The number of nitrogens with zero attached hydrogens (tertiary/aromatic N) is 2. The highest BCUT2D eigenvalue weighted by atomic mass is 16.6. The first kappa shape index (κ1) is 18.7. The maximum absolute atomic E-state index is 12.1. The van der Waals surface area contributed by atoms with Gasteiger partial charge < -0.3 is 14.9 Å². The molecule has 2 heterocycles. The standard InChI is InChI=1S/C17H17N3O7/c21-9-14-13(22)7-15(27-14)19-8-11(16(23)18-17(19)24)5-4-10-2-1-3-12(6-10)20(25)26/h1-6,8,13-15,21-22H,7,9H2,(H,18,23,24)/b5-4+. The number of nitro groups is 1. The molecule has 1 aromatic heterocycles. The molecular weight excluding hydrogens is 358 g/mol. The van der Waals surface area contributed by atoms with Gasteiger partial charge in [-0.3, -0.25) is 24.5 Å². The maximum Gasteiger partial charge on any atom is 0.330 e. The third-order valence-electron chi connectivity index (χ3n) is 4.23. The Morgan fingerprint density at radius 3 is 2.81 bits per heavy atom. The van der Waals surface area contributed by atoms with Gasteiger partial charge in [0.25, 0.3) is 11.2 Å². The zero-order valence-electron chi connectivity index (χ0n) is 14.0. The minimum absolute atomic E-state index is 0.0839. The normalized spacial score (nSPS) is 22.4. The predicted molar refractivity (Wildman–Crippen MR) is 95.0 cm³/mol. The summed E-state index contributed by atoms with van der Waals surface area (Å²) < 4.78 is 6.56. The van der Waals surface area contributed by atoms with Gasteiger partial charge in [0.15, 0.2) is 0 Å². The lowest BCUT2D eigenvalue weighted by Crippen LogP contribution is -2.33. The average Bonchev–Trinajstić information content (AvgIpc) is 3.01. The number of aromatic nitrogens is 2. The molecule has 10 heteroatoms. The molecule has 3 atom stereocenters. The molecule has 0 bridgehead atoms. The molecule has 0 saturated carbocycles. The Bertz CT molecular complexity index is 995. The van der Waals surface area contributed by atoms with Crippen molar-refractivity contribution >= 4 is 17.8 Å². The highest BCUT2D eigenvalue weighted by molar-refractivity contribution is 5.69.